The number of halogens is 1. The van der Waals surface area contributed by atoms with Crippen LogP contribution in [-0.4, -0.2) is 27.2 Å². The Bertz CT molecular complexity index is 1480. The number of aromatic nitrogens is 2. The molecule has 0 spiro atoms. The van der Waals surface area contributed by atoms with Crippen molar-refractivity contribution in [3.05, 3.63) is 100 Å². The summed E-state index contributed by atoms with van der Waals surface area (Å²) >= 11 is 6.13. The topological polar surface area (TPSA) is 46.1 Å². The van der Waals surface area contributed by atoms with E-state index in [1.807, 2.05) is 30.3 Å². The fourth-order valence-corrected chi connectivity index (χ4v) is 5.17. The van der Waals surface area contributed by atoms with E-state index in [2.05, 4.69) is 48.7 Å². The Hall–Kier alpha value is -3.50. The van der Waals surface area contributed by atoms with E-state index in [1.165, 1.54) is 16.7 Å². The lowest BCUT2D eigenvalue weighted by Crippen LogP contribution is -2.28. The molecule has 0 saturated heterocycles. The van der Waals surface area contributed by atoms with Crippen molar-refractivity contribution in [2.45, 2.75) is 52.5 Å². The van der Waals surface area contributed by atoms with E-state index in [1.54, 1.807) is 6.92 Å². The van der Waals surface area contributed by atoms with Gasteiger partial charge in [0.15, 0.2) is 0 Å². The van der Waals surface area contributed by atoms with Gasteiger partial charge < -0.3 is 9.69 Å². The molecule has 0 bridgehead atoms. The van der Waals surface area contributed by atoms with Crippen LogP contribution in [0.25, 0.3) is 28.0 Å². The van der Waals surface area contributed by atoms with Crippen LogP contribution in [0.1, 0.15) is 54.1 Å². The van der Waals surface area contributed by atoms with Gasteiger partial charge in [-0.15, -0.1) is 0 Å². The van der Waals surface area contributed by atoms with Crippen LogP contribution < -0.4 is 0 Å². The molecule has 0 radical (unpaired) electrons. The first kappa shape index (κ1) is 25.2. The number of benzene rings is 3. The summed E-state index contributed by atoms with van der Waals surface area (Å²) in [6.07, 6.45) is 4.13. The Kier molecular flexibility index (Phi) is 7.38. The number of rotatable bonds is 8. The second kappa shape index (κ2) is 10.9. The fourth-order valence-electron chi connectivity index (χ4n) is 5.04. The molecular weight excluding hydrogens is 478 g/mol. The van der Waals surface area contributed by atoms with E-state index in [4.69, 9.17) is 21.6 Å². The van der Waals surface area contributed by atoms with Crippen LogP contribution in [0.3, 0.4) is 0 Å². The third-order valence-electron chi connectivity index (χ3n) is 7.14. The lowest BCUT2D eigenvalue weighted by molar-refractivity contribution is -0.117. The average Bonchev–Trinajstić information content (AvgIpc) is 2.90. The van der Waals surface area contributed by atoms with Gasteiger partial charge in [-0.05, 0) is 80.5 Å². The molecule has 0 N–H and O–H groups in total. The van der Waals surface area contributed by atoms with Gasteiger partial charge in [0.2, 0.25) is 0 Å². The molecule has 0 aliphatic carbocycles. The van der Waals surface area contributed by atoms with Gasteiger partial charge in [-0.25, -0.2) is 9.97 Å². The van der Waals surface area contributed by atoms with Crippen molar-refractivity contribution in [3.8, 4) is 11.3 Å². The molecule has 4 nitrogen and oxygen atoms in total. The van der Waals surface area contributed by atoms with Gasteiger partial charge in [0.25, 0.3) is 0 Å². The molecule has 1 aromatic heterocycles. The van der Waals surface area contributed by atoms with Crippen LogP contribution in [-0.2, 0) is 24.2 Å². The number of carbonyl (C=O) groups is 1. The molecule has 4 aromatic rings. The number of hydrogen-bond donors (Lipinski definition) is 0. The number of hydrogen-bond acceptors (Lipinski definition) is 4. The van der Waals surface area contributed by atoms with Crippen molar-refractivity contribution >= 4 is 34.1 Å². The number of ketones is 1. The molecule has 37 heavy (non-hydrogen) atoms. The third-order valence-corrected chi connectivity index (χ3v) is 7.39. The summed E-state index contributed by atoms with van der Waals surface area (Å²) in [5, 5.41) is 0.694. The first-order valence-electron chi connectivity index (χ1n) is 13.0. The molecule has 5 heteroatoms. The lowest BCUT2D eigenvalue weighted by Gasteiger charge is -2.32. The van der Waals surface area contributed by atoms with E-state index < -0.39 is 0 Å². The van der Waals surface area contributed by atoms with Crippen molar-refractivity contribution in [1.29, 1.82) is 0 Å². The van der Waals surface area contributed by atoms with E-state index in [0.717, 1.165) is 78.0 Å². The molecule has 0 saturated carbocycles. The number of carbonyl (C=O) groups excluding carboxylic acids is 1. The van der Waals surface area contributed by atoms with Gasteiger partial charge in [-0.1, -0.05) is 60.1 Å². The first-order valence-corrected chi connectivity index (χ1v) is 13.3. The minimum absolute atomic E-state index is 0.223. The maximum absolute atomic E-state index is 11.4. The molecule has 0 unspecified atom stereocenters. The van der Waals surface area contributed by atoms with Gasteiger partial charge in [0.05, 0.1) is 22.4 Å². The Balaban J connectivity index is 1.44. The highest BCUT2D eigenvalue weighted by molar-refractivity contribution is 6.30. The summed E-state index contributed by atoms with van der Waals surface area (Å²) in [7, 11) is 0. The van der Waals surface area contributed by atoms with Gasteiger partial charge >= 0.3 is 0 Å². The van der Waals surface area contributed by atoms with Crippen molar-refractivity contribution in [3.63, 3.8) is 0 Å². The van der Waals surface area contributed by atoms with Gasteiger partial charge in [0.1, 0.15) is 5.78 Å². The molecule has 5 rings (SSSR count). The summed E-state index contributed by atoms with van der Waals surface area (Å²) in [5.74, 6) is 0.223. The summed E-state index contributed by atoms with van der Waals surface area (Å²) in [6, 6.07) is 20.7. The van der Waals surface area contributed by atoms with E-state index in [9.17, 15) is 4.79 Å². The molecule has 1 aliphatic rings. The summed E-state index contributed by atoms with van der Waals surface area (Å²) in [6.45, 7) is 10.1. The summed E-state index contributed by atoms with van der Waals surface area (Å²) in [4.78, 5) is 23.9. The average molecular weight is 510 g/mol. The van der Waals surface area contributed by atoms with Crippen LogP contribution in [0.15, 0.2) is 67.2 Å². The smallest absolute Gasteiger partial charge is 0.129 e. The number of unbranched alkanes of at least 4 members (excludes halogenated alkanes) is 1. The fraction of sp³-hybridized carbons (Fsp3) is 0.281. The van der Waals surface area contributed by atoms with Crippen LogP contribution in [0, 0.1) is 6.92 Å². The molecule has 0 atom stereocenters. The number of Topliss-reactive ketones (excluding diaryl/α,β-unsaturated/α-hetero) is 1. The minimum Gasteiger partial charge on any atom is -0.367 e. The zero-order chi connectivity index (χ0) is 25.9. The quantitative estimate of drug-likeness (QED) is 0.229. The van der Waals surface area contributed by atoms with Gasteiger partial charge in [-0.3, -0.25) is 0 Å². The SMILES string of the molecule is C=C(c1ccc2nc(-c3ccc(Cl)cc3)c(CCCCC(C)=O)nc2c1)N1CCc2cc(C)ccc2C1. The molecule has 1 aliphatic heterocycles. The standard InChI is InChI=1S/C32H32ClN3O/c1-21-8-9-27-20-36(17-16-26(27)18-21)23(3)25-12-15-29-31(19-25)34-30(7-5-4-6-22(2)37)32(35-29)24-10-13-28(33)14-11-24/h8-15,18-19H,3-7,16-17,20H2,1-2H3. The first-order chi connectivity index (χ1) is 17.9. The lowest BCUT2D eigenvalue weighted by atomic mass is 9.96. The Morgan fingerprint density at radius 2 is 1.78 bits per heavy atom. The maximum Gasteiger partial charge on any atom is 0.129 e. The van der Waals surface area contributed by atoms with E-state index >= 15 is 0 Å². The van der Waals surface area contributed by atoms with Gasteiger partial charge in [-0.2, -0.15) is 0 Å². The van der Waals surface area contributed by atoms with Crippen LogP contribution in [0.4, 0.5) is 0 Å². The number of fused-ring (bicyclic) bond motifs is 2. The highest BCUT2D eigenvalue weighted by Gasteiger charge is 2.19. The summed E-state index contributed by atoms with van der Waals surface area (Å²) in [5.41, 5.74) is 10.8. The molecule has 0 fully saturated rings. The van der Waals surface area contributed by atoms with Crippen molar-refractivity contribution in [2.75, 3.05) is 6.54 Å². The number of aryl methyl sites for hydroxylation is 2. The van der Waals surface area contributed by atoms with Crippen LogP contribution >= 0.6 is 11.6 Å². The zero-order valence-electron chi connectivity index (χ0n) is 21.6. The summed E-state index contributed by atoms with van der Waals surface area (Å²) < 4.78 is 0. The van der Waals surface area contributed by atoms with Crippen LogP contribution in [0.2, 0.25) is 5.02 Å². The van der Waals surface area contributed by atoms with Crippen molar-refractivity contribution in [2.24, 2.45) is 0 Å². The van der Waals surface area contributed by atoms with Crippen molar-refractivity contribution < 1.29 is 4.79 Å². The molecule has 188 valence electrons. The van der Waals surface area contributed by atoms with E-state index in [0.29, 0.717) is 11.4 Å². The second-order valence-corrected chi connectivity index (χ2v) is 10.5. The highest BCUT2D eigenvalue weighted by atomic mass is 35.5. The molecule has 3 aromatic carbocycles. The van der Waals surface area contributed by atoms with E-state index in [-0.39, 0.29) is 5.78 Å². The Labute approximate surface area is 224 Å². The largest absolute Gasteiger partial charge is 0.367 e. The zero-order valence-corrected chi connectivity index (χ0v) is 22.3. The van der Waals surface area contributed by atoms with Gasteiger partial charge in [0, 0.05) is 35.8 Å². The predicted molar refractivity (Wildman–Crippen MR) is 153 cm³/mol. The third kappa shape index (κ3) is 5.75. The minimum atomic E-state index is 0.223. The molecular formula is C32H32ClN3O. The maximum atomic E-state index is 11.4. The highest BCUT2D eigenvalue weighted by Crippen LogP contribution is 2.30. The Morgan fingerprint density at radius 3 is 2.57 bits per heavy atom. The molecule has 2 heterocycles. The normalized spacial score (nSPS) is 13.0. The second-order valence-electron chi connectivity index (χ2n) is 10.0. The number of nitrogens with zero attached hydrogens (tertiary/aromatic N) is 3. The van der Waals surface area contributed by atoms with Crippen LogP contribution in [0.5, 0.6) is 0 Å². The monoisotopic (exact) mass is 509 g/mol. The Morgan fingerprint density at radius 1 is 0.973 bits per heavy atom. The predicted octanol–water partition coefficient (Wildman–Crippen LogP) is 7.59. The molecule has 0 amide bonds. The van der Waals surface area contributed by atoms with Crippen molar-refractivity contribution in [1.82, 2.24) is 14.9 Å².